The number of morpholine rings is 1. The van der Waals surface area contributed by atoms with Gasteiger partial charge < -0.3 is 30.1 Å². The molecule has 4 saturated heterocycles. The summed E-state index contributed by atoms with van der Waals surface area (Å²) < 4.78 is 35.6. The molecule has 1 unspecified atom stereocenters. The summed E-state index contributed by atoms with van der Waals surface area (Å²) in [5.74, 6) is -0.178. The number of ether oxygens (including phenoxy) is 1. The lowest BCUT2D eigenvalue weighted by Crippen LogP contribution is -2.49. The van der Waals surface area contributed by atoms with Crippen LogP contribution >= 0.6 is 0 Å². The molecule has 3 aromatic rings. The summed E-state index contributed by atoms with van der Waals surface area (Å²) in [5, 5.41) is 8.79. The number of halogens is 2. The molecular weight excluding hydrogens is 733 g/mol. The fraction of sp³-hybridized carbons (Fsp3) is 0.548. The Morgan fingerprint density at radius 2 is 1.61 bits per heavy atom. The molecule has 5 heterocycles. The second kappa shape index (κ2) is 17.7. The molecule has 15 heteroatoms. The van der Waals surface area contributed by atoms with Crippen LogP contribution in [0.15, 0.2) is 48.7 Å². The summed E-state index contributed by atoms with van der Waals surface area (Å²) in [6.45, 7) is 8.45. The third kappa shape index (κ3) is 9.47. The lowest BCUT2D eigenvalue weighted by Gasteiger charge is -2.40. The number of benzene rings is 2. The van der Waals surface area contributed by atoms with Crippen LogP contribution in [0, 0.1) is 23.5 Å². The number of likely N-dealkylation sites (tertiary alicyclic amines) is 1. The fourth-order valence-corrected chi connectivity index (χ4v) is 9.01. The number of anilines is 4. The Bertz CT molecular complexity index is 1920. The smallest absolute Gasteiger partial charge is 0.249 e. The van der Waals surface area contributed by atoms with E-state index in [9.17, 15) is 18.8 Å². The first-order valence-electron chi connectivity index (χ1n) is 20.6. The van der Waals surface area contributed by atoms with Crippen molar-refractivity contribution in [1.29, 1.82) is 0 Å². The van der Waals surface area contributed by atoms with E-state index < -0.39 is 11.9 Å². The molecule has 57 heavy (non-hydrogen) atoms. The number of amides is 3. The number of nitrogens with zero attached hydrogens (tertiary/aromatic N) is 6. The van der Waals surface area contributed by atoms with Gasteiger partial charge in [-0.05, 0) is 81.2 Å². The van der Waals surface area contributed by atoms with E-state index in [0.717, 1.165) is 90.0 Å². The zero-order chi connectivity index (χ0) is 39.3. The fourth-order valence-electron chi connectivity index (χ4n) is 9.01. The highest BCUT2D eigenvalue weighted by Gasteiger charge is 2.33. The molecule has 1 atom stereocenters. The molecule has 0 bridgehead atoms. The van der Waals surface area contributed by atoms with Gasteiger partial charge in [0, 0.05) is 98.5 Å². The number of piperazine rings is 1. The van der Waals surface area contributed by atoms with Gasteiger partial charge in [0.15, 0.2) is 5.82 Å². The third-order valence-corrected chi connectivity index (χ3v) is 12.3. The van der Waals surface area contributed by atoms with Gasteiger partial charge in [0.1, 0.15) is 17.6 Å². The third-order valence-electron chi connectivity index (χ3n) is 12.3. The Morgan fingerprint density at radius 3 is 2.35 bits per heavy atom. The van der Waals surface area contributed by atoms with Crippen LogP contribution in [0.1, 0.15) is 55.6 Å². The van der Waals surface area contributed by atoms with Crippen LogP contribution in [-0.2, 0) is 19.1 Å². The van der Waals surface area contributed by atoms with Gasteiger partial charge in [0.2, 0.25) is 23.7 Å². The number of hydrogen-bond donors (Lipinski definition) is 3. The van der Waals surface area contributed by atoms with Crippen molar-refractivity contribution in [3.8, 4) is 11.3 Å². The first kappa shape index (κ1) is 39.0. The topological polar surface area (TPSA) is 135 Å². The molecule has 5 fully saturated rings. The Balaban J connectivity index is 0.00000228. The summed E-state index contributed by atoms with van der Waals surface area (Å²) >= 11 is 0. The quantitative estimate of drug-likeness (QED) is 0.233. The lowest BCUT2D eigenvalue weighted by molar-refractivity contribution is -0.138. The normalized spacial score (nSPS) is 24.0. The van der Waals surface area contributed by atoms with Crippen LogP contribution in [0.25, 0.3) is 11.3 Å². The molecule has 2 aromatic carbocycles. The Morgan fingerprint density at radius 1 is 0.842 bits per heavy atom. The summed E-state index contributed by atoms with van der Waals surface area (Å²) in [6.07, 6.45) is 7.32. The van der Waals surface area contributed by atoms with Crippen molar-refractivity contribution in [3.05, 3.63) is 60.3 Å². The van der Waals surface area contributed by atoms with Crippen LogP contribution < -0.4 is 25.8 Å². The summed E-state index contributed by atoms with van der Waals surface area (Å²) in [7, 11) is 0. The molecule has 3 N–H and O–H groups in total. The number of imide groups is 1. The predicted octanol–water partition coefficient (Wildman–Crippen LogP) is 5.25. The zero-order valence-electron chi connectivity index (χ0n) is 32.4. The maximum atomic E-state index is 15.2. The van der Waals surface area contributed by atoms with Crippen LogP contribution in [0.3, 0.4) is 0 Å². The average Bonchev–Trinajstić information content (AvgIpc) is 3.24. The molecule has 1 aromatic heterocycles. The number of hydrogen-bond acceptors (Lipinski definition) is 11. The number of piperidine rings is 2. The molecule has 0 radical (unpaired) electrons. The summed E-state index contributed by atoms with van der Waals surface area (Å²) in [4.78, 5) is 54.7. The van der Waals surface area contributed by atoms with E-state index in [1.807, 2.05) is 29.2 Å². The Kier molecular flexibility index (Phi) is 12.1. The van der Waals surface area contributed by atoms with Crippen LogP contribution in [0.4, 0.5) is 31.8 Å². The van der Waals surface area contributed by atoms with E-state index in [1.54, 1.807) is 12.1 Å². The molecule has 1 saturated carbocycles. The minimum atomic E-state index is -0.554. The first-order chi connectivity index (χ1) is 27.8. The zero-order valence-corrected chi connectivity index (χ0v) is 32.4. The van der Waals surface area contributed by atoms with Crippen molar-refractivity contribution < 1.29 is 32.2 Å². The van der Waals surface area contributed by atoms with E-state index in [2.05, 4.69) is 40.6 Å². The van der Waals surface area contributed by atoms with Gasteiger partial charge in [-0.3, -0.25) is 24.6 Å². The highest BCUT2D eigenvalue weighted by Crippen LogP contribution is 2.33. The molecule has 5 aliphatic rings. The molecule has 0 spiro atoms. The summed E-state index contributed by atoms with van der Waals surface area (Å²) in [6, 6.07) is 12.3. The largest absolute Gasteiger partial charge is 0.378 e. The van der Waals surface area contributed by atoms with E-state index in [4.69, 9.17) is 4.74 Å². The number of carbonyl (C=O) groups excluding carboxylic acids is 3. The van der Waals surface area contributed by atoms with E-state index in [0.29, 0.717) is 61.5 Å². The van der Waals surface area contributed by atoms with Gasteiger partial charge in [0.25, 0.3) is 0 Å². The number of nitrogens with one attached hydrogen (secondary N) is 3. The lowest BCUT2D eigenvalue weighted by atomic mass is 9.80. The maximum Gasteiger partial charge on any atom is 0.249 e. The van der Waals surface area contributed by atoms with Gasteiger partial charge in [-0.25, -0.2) is 18.7 Å². The van der Waals surface area contributed by atoms with Crippen molar-refractivity contribution in [2.45, 2.75) is 63.5 Å². The van der Waals surface area contributed by atoms with Crippen molar-refractivity contribution in [1.82, 2.24) is 25.1 Å². The minimum absolute atomic E-state index is 0. The SMILES string of the molecule is O=C1CCC(Nc2ccc(N3CCN(CC4CCC(C(=O)N5CCC(Nc6ncc(F)c(-c7cccc(N8CCOCC8)c7)n6)CC5)CC4)CC3)c(F)c2)C(=O)N1.[HH].[HH].[HH]. The number of carbonyl (C=O) groups is 3. The van der Waals surface area contributed by atoms with Crippen molar-refractivity contribution in [2.24, 2.45) is 11.8 Å². The van der Waals surface area contributed by atoms with Gasteiger partial charge in [-0.1, -0.05) is 12.1 Å². The monoisotopic (exact) mass is 791 g/mol. The van der Waals surface area contributed by atoms with Gasteiger partial charge in [0.05, 0.1) is 25.1 Å². The first-order valence-corrected chi connectivity index (χ1v) is 20.6. The summed E-state index contributed by atoms with van der Waals surface area (Å²) in [5.41, 5.74) is 3.08. The highest BCUT2D eigenvalue weighted by atomic mass is 19.1. The van der Waals surface area contributed by atoms with Crippen molar-refractivity contribution in [3.63, 3.8) is 0 Å². The van der Waals surface area contributed by atoms with E-state index >= 15 is 4.39 Å². The molecule has 1 aliphatic carbocycles. The second-order valence-electron chi connectivity index (χ2n) is 16.1. The Labute approximate surface area is 337 Å². The number of aromatic nitrogens is 2. The molecule has 310 valence electrons. The molecule has 8 rings (SSSR count). The molecule has 13 nitrogen and oxygen atoms in total. The van der Waals surface area contributed by atoms with Crippen molar-refractivity contribution in [2.75, 3.05) is 92.5 Å². The van der Waals surface area contributed by atoms with Crippen molar-refractivity contribution >= 4 is 40.7 Å². The van der Waals surface area contributed by atoms with E-state index in [1.165, 1.54) is 12.3 Å². The van der Waals surface area contributed by atoms with Crippen LogP contribution in [0.5, 0.6) is 0 Å². The predicted molar refractivity (Wildman–Crippen MR) is 220 cm³/mol. The maximum absolute atomic E-state index is 15.2. The van der Waals surface area contributed by atoms with Crippen LogP contribution in [0.2, 0.25) is 0 Å². The number of rotatable bonds is 10. The molecule has 3 amide bonds. The van der Waals surface area contributed by atoms with E-state index in [-0.39, 0.29) is 51.9 Å². The standard InChI is InChI=1S/C42H53F2N9O4.3H2/c43-34-25-32(46-36-9-11-38(54)48-40(36)55)8-10-37(34)52-18-16-50(17-19-52)27-28-4-6-29(7-5-28)41(56)53-14-12-31(13-15-53)47-42-45-26-35(44)39(49-42)30-2-1-3-33(24-30)51-20-22-57-23-21-51;;;/h1-3,8,10,24-26,28-29,31,36,46H,4-7,9,11-23,27H2,(H,45,47,49)(H,48,54,55);3*1H. The molecular formula is C42H59F2N9O4. The molecule has 4 aliphatic heterocycles. The Hall–Kier alpha value is -4.89. The average molecular weight is 792 g/mol. The minimum Gasteiger partial charge on any atom is -0.378 e. The van der Waals surface area contributed by atoms with Crippen LogP contribution in [-0.4, -0.2) is 122 Å². The van der Waals surface area contributed by atoms with Gasteiger partial charge in [-0.2, -0.15) is 0 Å². The van der Waals surface area contributed by atoms with Gasteiger partial charge >= 0.3 is 0 Å². The highest BCUT2D eigenvalue weighted by molar-refractivity contribution is 6.01. The van der Waals surface area contributed by atoms with Gasteiger partial charge in [-0.15, -0.1) is 0 Å². The second-order valence-corrected chi connectivity index (χ2v) is 16.1.